The Morgan fingerprint density at radius 3 is 2.39 bits per heavy atom. The van der Waals surface area contributed by atoms with Crippen molar-refractivity contribution in [3.63, 3.8) is 0 Å². The lowest BCUT2D eigenvalue weighted by Gasteiger charge is -2.09. The topological polar surface area (TPSA) is 61.2 Å². The van der Waals surface area contributed by atoms with Gasteiger partial charge in [-0.15, -0.1) is 0 Å². The molecule has 0 radical (unpaired) electrons. The molecule has 0 aliphatic heterocycles. The summed E-state index contributed by atoms with van der Waals surface area (Å²) in [6.45, 7) is 0. The molecule has 8 heteroatoms. The Bertz CT molecular complexity index is 1550. The van der Waals surface area contributed by atoms with Crippen molar-refractivity contribution in [2.75, 3.05) is 0 Å². The smallest absolute Gasteiger partial charge is 0.157 e. The fourth-order valence-corrected chi connectivity index (χ4v) is 5.65. The van der Waals surface area contributed by atoms with Crippen LogP contribution in [0, 0.1) is 0 Å². The summed E-state index contributed by atoms with van der Waals surface area (Å²) in [5.74, 6) is 1.08. The Labute approximate surface area is 220 Å². The molecular formula is C28H20Cl2N2O3S. The van der Waals surface area contributed by atoms with Crippen LogP contribution in [0.1, 0.15) is 12.0 Å². The van der Waals surface area contributed by atoms with Crippen LogP contribution >= 0.6 is 23.2 Å². The SMILES string of the molecule is O=CCCc1cn(S(=O)c2ccc(Oc3cc(Cl)cc(Cl)c3)cc2)c2ccc(-c3cccnc3)cc12. The Morgan fingerprint density at radius 1 is 0.917 bits per heavy atom. The number of nitrogens with zero attached hydrogens (tertiary/aromatic N) is 2. The van der Waals surface area contributed by atoms with Gasteiger partial charge in [0.05, 0.1) is 10.4 Å². The van der Waals surface area contributed by atoms with E-state index in [1.165, 1.54) is 0 Å². The predicted octanol–water partition coefficient (Wildman–Crippen LogP) is 7.50. The van der Waals surface area contributed by atoms with E-state index in [1.54, 1.807) is 52.6 Å². The lowest BCUT2D eigenvalue weighted by molar-refractivity contribution is -0.107. The van der Waals surface area contributed by atoms with E-state index in [1.807, 2.05) is 36.7 Å². The molecule has 36 heavy (non-hydrogen) atoms. The summed E-state index contributed by atoms with van der Waals surface area (Å²) in [5, 5.41) is 1.92. The van der Waals surface area contributed by atoms with Crippen molar-refractivity contribution in [1.82, 2.24) is 8.96 Å². The molecule has 0 fully saturated rings. The van der Waals surface area contributed by atoms with Gasteiger partial charge in [0.25, 0.3) is 0 Å². The minimum atomic E-state index is -1.50. The molecule has 0 spiro atoms. The molecule has 1 atom stereocenters. The van der Waals surface area contributed by atoms with Crippen molar-refractivity contribution in [3.8, 4) is 22.6 Å². The van der Waals surface area contributed by atoms with Gasteiger partial charge in [0.1, 0.15) is 17.8 Å². The number of carbonyl (C=O) groups is 1. The third-order valence-electron chi connectivity index (χ3n) is 5.66. The molecule has 5 aromatic rings. The normalized spacial score (nSPS) is 11.9. The maximum absolute atomic E-state index is 13.6. The molecule has 2 heterocycles. The lowest BCUT2D eigenvalue weighted by atomic mass is 10.0. The molecule has 0 aliphatic rings. The molecule has 0 aliphatic carbocycles. The number of hydrogen-bond acceptors (Lipinski definition) is 4. The molecule has 180 valence electrons. The number of carbonyl (C=O) groups excluding carboxylic acids is 1. The second-order valence-electron chi connectivity index (χ2n) is 8.09. The van der Waals surface area contributed by atoms with E-state index >= 15 is 0 Å². The Morgan fingerprint density at radius 2 is 1.69 bits per heavy atom. The molecule has 0 saturated carbocycles. The van der Waals surface area contributed by atoms with E-state index in [-0.39, 0.29) is 0 Å². The van der Waals surface area contributed by atoms with Crippen molar-refractivity contribution in [1.29, 1.82) is 0 Å². The molecule has 5 nitrogen and oxygen atoms in total. The highest BCUT2D eigenvalue weighted by Crippen LogP contribution is 2.32. The van der Waals surface area contributed by atoms with Crippen LogP contribution in [0.15, 0.2) is 96.3 Å². The highest BCUT2D eigenvalue weighted by atomic mass is 35.5. The maximum atomic E-state index is 13.6. The standard InChI is InChI=1S/C28H20Cl2N2O3S/c29-22-14-23(30)16-25(15-22)35-24-6-8-26(9-7-24)36(34)32-18-21(4-2-12-33)27-13-19(5-10-28(27)32)20-3-1-11-31-17-20/h1,3,5-18H,2,4H2. The number of ether oxygens (including phenoxy) is 1. The van der Waals surface area contributed by atoms with E-state index in [2.05, 4.69) is 11.1 Å². The van der Waals surface area contributed by atoms with Gasteiger partial charge in [-0.3, -0.25) is 8.96 Å². The van der Waals surface area contributed by atoms with Crippen LogP contribution in [0.2, 0.25) is 10.0 Å². The number of aromatic nitrogens is 2. The summed E-state index contributed by atoms with van der Waals surface area (Å²) in [6, 6.07) is 21.9. The van der Waals surface area contributed by atoms with Gasteiger partial charge in [-0.25, -0.2) is 4.21 Å². The quantitative estimate of drug-likeness (QED) is 0.193. The first-order valence-corrected chi connectivity index (χ1v) is 13.0. The highest BCUT2D eigenvalue weighted by molar-refractivity contribution is 7.83. The van der Waals surface area contributed by atoms with Gasteiger partial charge in [-0.05, 0) is 78.2 Å². The summed E-state index contributed by atoms with van der Waals surface area (Å²) in [5.41, 5.74) is 3.80. The monoisotopic (exact) mass is 534 g/mol. The van der Waals surface area contributed by atoms with Crippen LogP contribution in [0.5, 0.6) is 11.5 Å². The molecule has 0 saturated heterocycles. The third-order valence-corrected chi connectivity index (χ3v) is 7.43. The van der Waals surface area contributed by atoms with Gasteiger partial charge < -0.3 is 9.53 Å². The predicted molar refractivity (Wildman–Crippen MR) is 144 cm³/mol. The summed E-state index contributed by atoms with van der Waals surface area (Å²) >= 11 is 12.1. The van der Waals surface area contributed by atoms with Gasteiger partial charge >= 0.3 is 0 Å². The van der Waals surface area contributed by atoms with Crippen LogP contribution < -0.4 is 4.74 Å². The Balaban J connectivity index is 1.46. The number of hydrogen-bond donors (Lipinski definition) is 0. The minimum absolute atomic E-state index is 0.391. The fraction of sp³-hybridized carbons (Fsp3) is 0.0714. The molecular weight excluding hydrogens is 515 g/mol. The number of aldehydes is 1. The third kappa shape index (κ3) is 5.21. The van der Waals surface area contributed by atoms with Gasteiger partial charge in [0.2, 0.25) is 0 Å². The molecule has 3 aromatic carbocycles. The van der Waals surface area contributed by atoms with Crippen LogP contribution in [0.4, 0.5) is 0 Å². The Kier molecular flexibility index (Phi) is 7.18. The lowest BCUT2D eigenvalue weighted by Crippen LogP contribution is -2.03. The van der Waals surface area contributed by atoms with Crippen LogP contribution in [0.25, 0.3) is 22.0 Å². The Hall–Kier alpha value is -3.45. The first-order chi connectivity index (χ1) is 17.5. The first-order valence-electron chi connectivity index (χ1n) is 11.2. The summed E-state index contributed by atoms with van der Waals surface area (Å²) in [7, 11) is -1.50. The molecule has 5 rings (SSSR count). The van der Waals surface area contributed by atoms with Gasteiger partial charge in [-0.1, -0.05) is 35.3 Å². The zero-order chi connectivity index (χ0) is 25.1. The van der Waals surface area contributed by atoms with Crippen LogP contribution in [0.3, 0.4) is 0 Å². The molecule has 1 unspecified atom stereocenters. The van der Waals surface area contributed by atoms with E-state index < -0.39 is 11.0 Å². The number of aryl methyl sites for hydroxylation is 1. The van der Waals surface area contributed by atoms with Crippen molar-refractivity contribution in [3.05, 3.63) is 107 Å². The number of pyridine rings is 1. The summed E-state index contributed by atoms with van der Waals surface area (Å²) in [4.78, 5) is 15.9. The largest absolute Gasteiger partial charge is 0.457 e. The molecule has 0 amide bonds. The number of rotatable bonds is 8. The van der Waals surface area contributed by atoms with E-state index in [0.717, 1.165) is 33.9 Å². The molecule has 2 aromatic heterocycles. The second kappa shape index (κ2) is 10.7. The van der Waals surface area contributed by atoms with E-state index in [0.29, 0.717) is 39.3 Å². The van der Waals surface area contributed by atoms with Crippen LogP contribution in [-0.4, -0.2) is 19.5 Å². The average molecular weight is 535 g/mol. The van der Waals surface area contributed by atoms with Crippen molar-refractivity contribution in [2.45, 2.75) is 17.7 Å². The number of fused-ring (bicyclic) bond motifs is 1. The fourth-order valence-electron chi connectivity index (χ4n) is 3.99. The van der Waals surface area contributed by atoms with Gasteiger partial charge in [0, 0.05) is 46.0 Å². The van der Waals surface area contributed by atoms with Crippen molar-refractivity contribution in [2.24, 2.45) is 0 Å². The summed E-state index contributed by atoms with van der Waals surface area (Å²) < 4.78 is 21.2. The van der Waals surface area contributed by atoms with E-state index in [4.69, 9.17) is 27.9 Å². The number of benzene rings is 3. The average Bonchev–Trinajstić information content (AvgIpc) is 3.25. The molecule has 0 bridgehead atoms. The minimum Gasteiger partial charge on any atom is -0.457 e. The highest BCUT2D eigenvalue weighted by Gasteiger charge is 2.16. The van der Waals surface area contributed by atoms with E-state index in [9.17, 15) is 9.00 Å². The maximum Gasteiger partial charge on any atom is 0.157 e. The van der Waals surface area contributed by atoms with Crippen molar-refractivity contribution >= 4 is 51.4 Å². The van der Waals surface area contributed by atoms with Gasteiger partial charge in [0.15, 0.2) is 11.0 Å². The zero-order valence-corrected chi connectivity index (χ0v) is 21.3. The zero-order valence-electron chi connectivity index (χ0n) is 18.9. The first kappa shape index (κ1) is 24.3. The van der Waals surface area contributed by atoms with Crippen molar-refractivity contribution < 1.29 is 13.7 Å². The number of halogens is 2. The van der Waals surface area contributed by atoms with Gasteiger partial charge in [-0.2, -0.15) is 0 Å². The van der Waals surface area contributed by atoms with Crippen LogP contribution in [-0.2, 0) is 22.2 Å². The molecule has 0 N–H and O–H groups in total. The second-order valence-corrected chi connectivity index (χ2v) is 10.3. The summed E-state index contributed by atoms with van der Waals surface area (Å²) in [6.07, 6.45) is 7.27.